The van der Waals surface area contributed by atoms with Crippen molar-refractivity contribution in [1.82, 2.24) is 15.0 Å². The number of rotatable bonds is 3. The summed E-state index contributed by atoms with van der Waals surface area (Å²) in [5, 5.41) is 13.8. The number of hydrogen-bond donors (Lipinski definition) is 1. The summed E-state index contributed by atoms with van der Waals surface area (Å²) in [5.41, 5.74) is 0.211. The van der Waals surface area contributed by atoms with Gasteiger partial charge in [-0.2, -0.15) is 4.98 Å². The molecular weight excluding hydrogens is 294 g/mol. The van der Waals surface area contributed by atoms with Crippen molar-refractivity contribution in [3.8, 4) is 0 Å². The van der Waals surface area contributed by atoms with E-state index in [-0.39, 0.29) is 17.4 Å². The normalized spacial score (nSPS) is 30.6. The van der Waals surface area contributed by atoms with Crippen LogP contribution in [0.3, 0.4) is 0 Å². The smallest absolute Gasteiger partial charge is 0.249 e. The van der Waals surface area contributed by atoms with E-state index in [0.717, 1.165) is 6.42 Å². The summed E-state index contributed by atoms with van der Waals surface area (Å²) in [4.78, 5) is 18.9. The molecule has 1 aromatic rings. The molecule has 128 valence electrons. The molecule has 23 heavy (non-hydrogen) atoms. The standard InChI is InChI=1S/C17H27N3O3/c1-11-18-16(23-19-11)14-9-13(21)10-20(14)15(22)8-12-6-4-5-7-17(12,2)3/h12-14,21H,4-10H2,1-3H3/t12-,13+,14+/m0/s1. The van der Waals surface area contributed by atoms with Gasteiger partial charge in [0.25, 0.3) is 0 Å². The highest BCUT2D eigenvalue weighted by Gasteiger charge is 2.41. The lowest BCUT2D eigenvalue weighted by molar-refractivity contribution is -0.135. The maximum absolute atomic E-state index is 12.9. The van der Waals surface area contributed by atoms with Gasteiger partial charge >= 0.3 is 0 Å². The fourth-order valence-corrected chi connectivity index (χ4v) is 4.04. The molecule has 1 aromatic heterocycles. The van der Waals surface area contributed by atoms with Crippen LogP contribution in [-0.2, 0) is 4.79 Å². The molecule has 2 aliphatic rings. The summed E-state index contributed by atoms with van der Waals surface area (Å²) in [6.45, 7) is 6.65. The molecule has 3 rings (SSSR count). The summed E-state index contributed by atoms with van der Waals surface area (Å²) < 4.78 is 5.24. The Morgan fingerprint density at radius 3 is 2.87 bits per heavy atom. The van der Waals surface area contributed by atoms with Crippen LogP contribution in [-0.4, -0.2) is 38.7 Å². The number of nitrogens with zero attached hydrogens (tertiary/aromatic N) is 3. The van der Waals surface area contributed by atoms with E-state index in [1.807, 2.05) is 0 Å². The Labute approximate surface area is 137 Å². The number of aromatic nitrogens is 2. The fourth-order valence-electron chi connectivity index (χ4n) is 4.04. The number of hydrogen-bond acceptors (Lipinski definition) is 5. The molecular formula is C17H27N3O3. The molecule has 1 amide bonds. The minimum absolute atomic E-state index is 0.0994. The summed E-state index contributed by atoms with van der Waals surface area (Å²) in [6.07, 6.45) is 5.25. The Kier molecular flexibility index (Phi) is 4.45. The van der Waals surface area contributed by atoms with Crippen LogP contribution >= 0.6 is 0 Å². The average molecular weight is 321 g/mol. The monoisotopic (exact) mass is 321 g/mol. The van der Waals surface area contributed by atoms with E-state index in [0.29, 0.717) is 37.0 Å². The third kappa shape index (κ3) is 3.42. The molecule has 3 atom stereocenters. The van der Waals surface area contributed by atoms with Gasteiger partial charge < -0.3 is 14.5 Å². The van der Waals surface area contributed by atoms with Crippen LogP contribution in [0.2, 0.25) is 0 Å². The lowest BCUT2D eigenvalue weighted by Crippen LogP contribution is -2.37. The summed E-state index contributed by atoms with van der Waals surface area (Å²) in [7, 11) is 0. The minimum atomic E-state index is -0.518. The third-order valence-electron chi connectivity index (χ3n) is 5.58. The lowest BCUT2D eigenvalue weighted by atomic mass is 9.67. The molecule has 0 unspecified atom stereocenters. The zero-order chi connectivity index (χ0) is 16.6. The van der Waals surface area contributed by atoms with Crippen LogP contribution in [0.1, 0.15) is 70.1 Å². The van der Waals surface area contributed by atoms with E-state index < -0.39 is 6.10 Å². The second-order valence-corrected chi connectivity index (χ2v) is 7.77. The van der Waals surface area contributed by atoms with Gasteiger partial charge in [-0.15, -0.1) is 0 Å². The van der Waals surface area contributed by atoms with Gasteiger partial charge in [-0.05, 0) is 31.1 Å². The number of carbonyl (C=O) groups is 1. The number of aliphatic hydroxyl groups excluding tert-OH is 1. The first-order valence-corrected chi connectivity index (χ1v) is 8.64. The topological polar surface area (TPSA) is 79.5 Å². The van der Waals surface area contributed by atoms with Crippen molar-refractivity contribution in [1.29, 1.82) is 0 Å². The first-order valence-electron chi connectivity index (χ1n) is 8.64. The molecule has 1 aliphatic carbocycles. The van der Waals surface area contributed by atoms with Crippen LogP contribution in [0.25, 0.3) is 0 Å². The Morgan fingerprint density at radius 2 is 2.22 bits per heavy atom. The van der Waals surface area contributed by atoms with Gasteiger partial charge in [0, 0.05) is 19.4 Å². The van der Waals surface area contributed by atoms with Gasteiger partial charge in [-0.3, -0.25) is 4.79 Å². The van der Waals surface area contributed by atoms with Crippen molar-refractivity contribution in [3.63, 3.8) is 0 Å². The van der Waals surface area contributed by atoms with E-state index in [1.54, 1.807) is 11.8 Å². The zero-order valence-electron chi connectivity index (χ0n) is 14.3. The molecule has 0 radical (unpaired) electrons. The SMILES string of the molecule is Cc1noc([C@H]2C[C@@H](O)CN2C(=O)C[C@@H]2CCCCC2(C)C)n1. The summed E-state index contributed by atoms with van der Waals surface area (Å²) >= 11 is 0. The van der Waals surface area contributed by atoms with Gasteiger partial charge in [-0.1, -0.05) is 31.8 Å². The maximum atomic E-state index is 12.9. The van der Waals surface area contributed by atoms with Gasteiger partial charge in [0.1, 0.15) is 6.04 Å². The van der Waals surface area contributed by atoms with Crippen LogP contribution in [0.15, 0.2) is 4.52 Å². The van der Waals surface area contributed by atoms with Gasteiger partial charge in [0.05, 0.1) is 6.10 Å². The van der Waals surface area contributed by atoms with Crippen LogP contribution in [0.5, 0.6) is 0 Å². The molecule has 2 heterocycles. The second kappa shape index (κ2) is 6.23. The molecule has 2 fully saturated rings. The highest BCUT2D eigenvalue weighted by atomic mass is 16.5. The zero-order valence-corrected chi connectivity index (χ0v) is 14.3. The predicted octanol–water partition coefficient (Wildman–Crippen LogP) is 2.62. The first kappa shape index (κ1) is 16.4. The molecule has 1 saturated carbocycles. The Hall–Kier alpha value is -1.43. The van der Waals surface area contributed by atoms with Gasteiger partial charge in [-0.25, -0.2) is 0 Å². The lowest BCUT2D eigenvalue weighted by Gasteiger charge is -2.39. The number of carbonyl (C=O) groups excluding carboxylic acids is 1. The molecule has 1 aliphatic heterocycles. The summed E-state index contributed by atoms with van der Waals surface area (Å²) in [5.74, 6) is 1.51. The van der Waals surface area contributed by atoms with E-state index in [9.17, 15) is 9.90 Å². The van der Waals surface area contributed by atoms with E-state index in [4.69, 9.17) is 4.52 Å². The molecule has 6 nitrogen and oxygen atoms in total. The number of aliphatic hydroxyl groups is 1. The minimum Gasteiger partial charge on any atom is -0.391 e. The maximum Gasteiger partial charge on any atom is 0.249 e. The van der Waals surface area contributed by atoms with Crippen molar-refractivity contribution in [2.24, 2.45) is 11.3 Å². The molecule has 6 heteroatoms. The number of likely N-dealkylation sites (tertiary alicyclic amines) is 1. The van der Waals surface area contributed by atoms with Crippen molar-refractivity contribution >= 4 is 5.91 Å². The largest absolute Gasteiger partial charge is 0.391 e. The van der Waals surface area contributed by atoms with E-state index in [1.165, 1.54) is 19.3 Å². The van der Waals surface area contributed by atoms with Crippen LogP contribution in [0, 0.1) is 18.3 Å². The van der Waals surface area contributed by atoms with E-state index >= 15 is 0 Å². The quantitative estimate of drug-likeness (QED) is 0.925. The number of β-amino-alcohol motifs (C(OH)–C–C–N with tert-alkyl or cyclic N) is 1. The van der Waals surface area contributed by atoms with Crippen molar-refractivity contribution in [2.45, 2.75) is 71.4 Å². The summed E-state index contributed by atoms with van der Waals surface area (Å²) in [6, 6.07) is -0.287. The predicted molar refractivity (Wildman–Crippen MR) is 84.5 cm³/mol. The third-order valence-corrected chi connectivity index (χ3v) is 5.58. The molecule has 1 saturated heterocycles. The molecule has 0 spiro atoms. The highest BCUT2D eigenvalue weighted by molar-refractivity contribution is 5.77. The highest BCUT2D eigenvalue weighted by Crippen LogP contribution is 2.43. The second-order valence-electron chi connectivity index (χ2n) is 7.77. The Bertz CT molecular complexity index is 569. The van der Waals surface area contributed by atoms with Crippen molar-refractivity contribution < 1.29 is 14.4 Å². The number of aryl methyl sites for hydroxylation is 1. The fraction of sp³-hybridized carbons (Fsp3) is 0.824. The first-order chi connectivity index (χ1) is 10.9. The molecule has 0 aromatic carbocycles. The Morgan fingerprint density at radius 1 is 1.43 bits per heavy atom. The molecule has 1 N–H and O–H groups in total. The van der Waals surface area contributed by atoms with Crippen molar-refractivity contribution in [3.05, 3.63) is 11.7 Å². The van der Waals surface area contributed by atoms with Crippen molar-refractivity contribution in [2.75, 3.05) is 6.54 Å². The van der Waals surface area contributed by atoms with Gasteiger partial charge in [0.2, 0.25) is 11.8 Å². The van der Waals surface area contributed by atoms with E-state index in [2.05, 4.69) is 24.0 Å². The van der Waals surface area contributed by atoms with Crippen LogP contribution < -0.4 is 0 Å². The van der Waals surface area contributed by atoms with Gasteiger partial charge in [0.15, 0.2) is 5.82 Å². The number of amides is 1. The Balaban J connectivity index is 1.72. The molecule has 0 bridgehead atoms. The van der Waals surface area contributed by atoms with Crippen LogP contribution in [0.4, 0.5) is 0 Å². The average Bonchev–Trinajstić information content (AvgIpc) is 3.07.